The maximum atomic E-state index is 13.4. The second-order valence-electron chi connectivity index (χ2n) is 8.64. The average Bonchev–Trinajstić information content (AvgIpc) is 2.73. The highest BCUT2D eigenvalue weighted by Crippen LogP contribution is 2.37. The third-order valence-corrected chi connectivity index (χ3v) is 5.41. The molecule has 31 heavy (non-hydrogen) atoms. The molecule has 1 N–H and O–H groups in total. The molecule has 0 fully saturated rings. The normalized spacial score (nSPS) is 14.3. The van der Waals surface area contributed by atoms with Crippen LogP contribution in [0.5, 0.6) is 0 Å². The summed E-state index contributed by atoms with van der Waals surface area (Å²) >= 11 is 0. The number of alkyl halides is 3. The van der Waals surface area contributed by atoms with E-state index in [1.807, 2.05) is 12.1 Å². The molecule has 3 aromatic rings. The van der Waals surface area contributed by atoms with Gasteiger partial charge in [-0.2, -0.15) is 13.2 Å². The first-order valence-corrected chi connectivity index (χ1v) is 10.1. The molecular weight excluding hydrogens is 403 g/mol. The molecule has 0 aliphatic carbocycles. The molecule has 2 aromatic heterocycles. The summed E-state index contributed by atoms with van der Waals surface area (Å²) in [5.41, 5.74) is 3.09. The molecule has 1 aliphatic heterocycles. The number of hydrogen-bond donors (Lipinski definition) is 1. The number of benzene rings is 1. The summed E-state index contributed by atoms with van der Waals surface area (Å²) in [6, 6.07) is 10.5. The van der Waals surface area contributed by atoms with Crippen molar-refractivity contribution in [1.82, 2.24) is 15.0 Å². The van der Waals surface area contributed by atoms with Gasteiger partial charge in [-0.25, -0.2) is 15.0 Å². The molecule has 3 heterocycles. The van der Waals surface area contributed by atoms with Crippen molar-refractivity contribution in [2.24, 2.45) is 0 Å². The number of anilines is 3. The number of rotatable bonds is 3. The first-order chi connectivity index (χ1) is 14.6. The van der Waals surface area contributed by atoms with Gasteiger partial charge in [-0.3, -0.25) is 0 Å². The van der Waals surface area contributed by atoms with Gasteiger partial charge in [-0.05, 0) is 41.7 Å². The largest absolute Gasteiger partial charge is 0.419 e. The van der Waals surface area contributed by atoms with Crippen LogP contribution in [0.15, 0.2) is 48.9 Å². The van der Waals surface area contributed by atoms with Gasteiger partial charge in [0.25, 0.3) is 0 Å². The molecule has 0 atom stereocenters. The van der Waals surface area contributed by atoms with E-state index in [1.165, 1.54) is 24.2 Å². The average molecular weight is 427 g/mol. The van der Waals surface area contributed by atoms with Gasteiger partial charge in [-0.15, -0.1) is 0 Å². The minimum absolute atomic E-state index is 0.0634. The lowest BCUT2D eigenvalue weighted by Crippen LogP contribution is -2.34. The van der Waals surface area contributed by atoms with Gasteiger partial charge in [0.15, 0.2) is 0 Å². The molecule has 1 aliphatic rings. The predicted octanol–water partition coefficient (Wildman–Crippen LogP) is 5.49. The van der Waals surface area contributed by atoms with Crippen molar-refractivity contribution in [2.45, 2.75) is 45.3 Å². The zero-order chi connectivity index (χ0) is 22.2. The fraction of sp³-hybridized carbons (Fsp3) is 0.348. The third kappa shape index (κ3) is 4.47. The number of nitrogens with zero attached hydrogens (tertiary/aromatic N) is 4. The van der Waals surface area contributed by atoms with Crippen molar-refractivity contribution in [2.75, 3.05) is 16.8 Å². The van der Waals surface area contributed by atoms with Gasteiger partial charge in [0.2, 0.25) is 0 Å². The lowest BCUT2D eigenvalue weighted by molar-refractivity contribution is -0.137. The third-order valence-electron chi connectivity index (χ3n) is 5.41. The Bertz CT molecular complexity index is 1070. The van der Waals surface area contributed by atoms with Crippen LogP contribution in [-0.2, 0) is 24.6 Å². The lowest BCUT2D eigenvalue weighted by Gasteiger charge is -2.31. The van der Waals surface area contributed by atoms with Crippen molar-refractivity contribution >= 4 is 17.3 Å². The Hall–Kier alpha value is -3.16. The van der Waals surface area contributed by atoms with E-state index in [1.54, 1.807) is 4.90 Å². The Morgan fingerprint density at radius 3 is 2.39 bits per heavy atom. The van der Waals surface area contributed by atoms with Gasteiger partial charge >= 0.3 is 6.18 Å². The van der Waals surface area contributed by atoms with E-state index in [0.29, 0.717) is 24.5 Å². The predicted molar refractivity (Wildman–Crippen MR) is 114 cm³/mol. The smallest absolute Gasteiger partial charge is 0.350 e. The molecule has 0 saturated carbocycles. The molecule has 0 bridgehead atoms. The molecule has 0 saturated heterocycles. The molecule has 8 heteroatoms. The van der Waals surface area contributed by atoms with Crippen LogP contribution < -0.4 is 10.2 Å². The van der Waals surface area contributed by atoms with Crippen molar-refractivity contribution in [3.8, 4) is 0 Å². The number of fused-ring (bicyclic) bond motifs is 1. The number of hydrogen-bond acceptors (Lipinski definition) is 5. The highest BCUT2D eigenvalue weighted by molar-refractivity contribution is 5.62. The van der Waals surface area contributed by atoms with Crippen LogP contribution in [0.2, 0.25) is 0 Å². The van der Waals surface area contributed by atoms with E-state index in [4.69, 9.17) is 0 Å². The summed E-state index contributed by atoms with van der Waals surface area (Å²) in [6.07, 6.45) is -1.11. The van der Waals surface area contributed by atoms with Crippen molar-refractivity contribution in [1.29, 1.82) is 0 Å². The minimum Gasteiger partial charge on any atom is -0.350 e. The SMILES string of the molecule is CC(C)(C)c1ccc(Nc2ncnc3c2CCN(c2ncccc2C(F)(F)F)C3)cc1. The van der Waals surface area contributed by atoms with Crippen LogP contribution >= 0.6 is 0 Å². The molecule has 1 aromatic carbocycles. The monoisotopic (exact) mass is 427 g/mol. The summed E-state index contributed by atoms with van der Waals surface area (Å²) in [5.74, 6) is 0.622. The van der Waals surface area contributed by atoms with Gasteiger partial charge in [0.05, 0.1) is 17.8 Å². The molecule has 0 amide bonds. The summed E-state index contributed by atoms with van der Waals surface area (Å²) in [7, 11) is 0. The second-order valence-corrected chi connectivity index (χ2v) is 8.64. The van der Waals surface area contributed by atoms with Crippen molar-refractivity contribution < 1.29 is 13.2 Å². The first kappa shape index (κ1) is 21.1. The maximum Gasteiger partial charge on any atom is 0.419 e. The standard InChI is InChI=1S/C23H24F3N5/c1-22(2,3)15-6-8-16(9-7-15)30-20-17-10-12-31(13-19(17)28-14-29-20)21-18(23(24,25)26)5-4-11-27-21/h4-9,11,14H,10,12-13H2,1-3H3,(H,28,29,30). The molecule has 0 unspecified atom stereocenters. The fourth-order valence-electron chi connectivity index (χ4n) is 3.70. The topological polar surface area (TPSA) is 53.9 Å². The van der Waals surface area contributed by atoms with E-state index in [0.717, 1.165) is 17.3 Å². The number of aromatic nitrogens is 3. The van der Waals surface area contributed by atoms with Crippen LogP contribution in [0.25, 0.3) is 0 Å². The highest BCUT2D eigenvalue weighted by Gasteiger charge is 2.36. The van der Waals surface area contributed by atoms with E-state index < -0.39 is 11.7 Å². The first-order valence-electron chi connectivity index (χ1n) is 10.1. The summed E-state index contributed by atoms with van der Waals surface area (Å²) in [6.45, 7) is 7.13. The molecule has 5 nitrogen and oxygen atoms in total. The van der Waals surface area contributed by atoms with Crippen molar-refractivity contribution in [3.63, 3.8) is 0 Å². The van der Waals surface area contributed by atoms with Gasteiger partial charge in [-0.1, -0.05) is 32.9 Å². The number of halogens is 3. The van der Waals surface area contributed by atoms with E-state index in [9.17, 15) is 13.2 Å². The van der Waals surface area contributed by atoms with Crippen LogP contribution in [0.1, 0.15) is 43.2 Å². The maximum absolute atomic E-state index is 13.4. The molecule has 0 spiro atoms. The van der Waals surface area contributed by atoms with Crippen LogP contribution in [-0.4, -0.2) is 21.5 Å². The summed E-state index contributed by atoms with van der Waals surface area (Å²) < 4.78 is 40.2. The number of nitrogens with one attached hydrogen (secondary N) is 1. The van der Waals surface area contributed by atoms with Crippen LogP contribution in [0.3, 0.4) is 0 Å². The Morgan fingerprint density at radius 2 is 1.71 bits per heavy atom. The quantitative estimate of drug-likeness (QED) is 0.599. The number of pyridine rings is 1. The molecule has 0 radical (unpaired) electrons. The Morgan fingerprint density at radius 1 is 0.968 bits per heavy atom. The zero-order valence-electron chi connectivity index (χ0n) is 17.7. The van der Waals surface area contributed by atoms with E-state index in [2.05, 4.69) is 53.2 Å². The van der Waals surface area contributed by atoms with Crippen LogP contribution in [0, 0.1) is 0 Å². The minimum atomic E-state index is -4.46. The zero-order valence-corrected chi connectivity index (χ0v) is 17.7. The van der Waals surface area contributed by atoms with Gasteiger partial charge in [0, 0.05) is 24.0 Å². The molecule has 4 rings (SSSR count). The fourth-order valence-corrected chi connectivity index (χ4v) is 3.70. The lowest BCUT2D eigenvalue weighted by atomic mass is 9.87. The summed E-state index contributed by atoms with van der Waals surface area (Å²) in [4.78, 5) is 14.3. The summed E-state index contributed by atoms with van der Waals surface area (Å²) in [5, 5.41) is 3.34. The molecular formula is C23H24F3N5. The Balaban J connectivity index is 1.58. The van der Waals surface area contributed by atoms with Gasteiger partial charge in [0.1, 0.15) is 18.0 Å². The van der Waals surface area contributed by atoms with Crippen molar-refractivity contribution in [3.05, 3.63) is 71.3 Å². The Kier molecular flexibility index (Phi) is 5.33. The van der Waals surface area contributed by atoms with Crippen LogP contribution in [0.4, 0.5) is 30.5 Å². The van der Waals surface area contributed by atoms with E-state index >= 15 is 0 Å². The Labute approximate surface area is 179 Å². The van der Waals surface area contributed by atoms with Gasteiger partial charge < -0.3 is 10.2 Å². The molecule has 162 valence electrons. The van der Waals surface area contributed by atoms with E-state index in [-0.39, 0.29) is 17.8 Å². The highest BCUT2D eigenvalue weighted by atomic mass is 19.4. The second kappa shape index (κ2) is 7.83.